The van der Waals surface area contributed by atoms with E-state index in [9.17, 15) is 14.9 Å². The average molecular weight is 514 g/mol. The van der Waals surface area contributed by atoms with Gasteiger partial charge in [0, 0.05) is 42.4 Å². The normalized spacial score (nSPS) is 17.0. The number of rotatable bonds is 9. The molecule has 1 unspecified atom stereocenters. The minimum Gasteiger partial charge on any atom is -0.354 e. The molecule has 11 nitrogen and oxygen atoms in total. The number of hydrogen-bond acceptors (Lipinski definition) is 8. The SMILES string of the molecule is N#CCC(C1CCCC1)n1cc(-c2ccnc(Nc3cccc(NC(=O)CN4CCNC(=O)C4)c3)n2)cn1. The van der Waals surface area contributed by atoms with Gasteiger partial charge >= 0.3 is 0 Å². The standard InChI is InChI=1S/C27H31N9O2/c28-10-8-24(19-4-1-2-5-19)36-16-20(15-31-36)23-9-11-30-27(34-23)33-22-7-3-6-21(14-22)32-26(38)18-35-13-12-29-25(37)17-35/h3,6-7,9,11,14-16,19,24H,1-2,4-5,8,12-13,17-18H2,(H,29,37)(H,32,38)(H,30,33,34). The van der Waals surface area contributed by atoms with Crippen LogP contribution in [0.1, 0.15) is 38.1 Å². The van der Waals surface area contributed by atoms with Crippen molar-refractivity contribution in [3.63, 3.8) is 0 Å². The third kappa shape index (κ3) is 6.33. The lowest BCUT2D eigenvalue weighted by Gasteiger charge is -2.25. The van der Waals surface area contributed by atoms with E-state index in [1.165, 1.54) is 12.8 Å². The molecule has 2 fully saturated rings. The zero-order chi connectivity index (χ0) is 26.3. The Morgan fingerprint density at radius 1 is 1.24 bits per heavy atom. The Hall–Kier alpha value is -4.30. The van der Waals surface area contributed by atoms with Gasteiger partial charge in [-0.25, -0.2) is 9.97 Å². The molecule has 0 radical (unpaired) electrons. The number of nitrogens with one attached hydrogen (secondary N) is 3. The molecular formula is C27H31N9O2. The maximum atomic E-state index is 12.5. The molecule has 2 aliphatic rings. The highest BCUT2D eigenvalue weighted by molar-refractivity contribution is 5.93. The predicted molar refractivity (Wildman–Crippen MR) is 142 cm³/mol. The van der Waals surface area contributed by atoms with Gasteiger partial charge in [-0.15, -0.1) is 0 Å². The molecule has 2 aromatic heterocycles. The van der Waals surface area contributed by atoms with Gasteiger partial charge in [-0.05, 0) is 43.0 Å². The summed E-state index contributed by atoms with van der Waals surface area (Å²) < 4.78 is 1.92. The van der Waals surface area contributed by atoms with Crippen LogP contribution in [0.3, 0.4) is 0 Å². The first-order valence-electron chi connectivity index (χ1n) is 13.0. The molecule has 196 valence electrons. The van der Waals surface area contributed by atoms with Crippen molar-refractivity contribution in [3.05, 3.63) is 48.9 Å². The molecule has 3 N–H and O–H groups in total. The lowest BCUT2D eigenvalue weighted by molar-refractivity contribution is -0.125. The van der Waals surface area contributed by atoms with E-state index < -0.39 is 0 Å². The summed E-state index contributed by atoms with van der Waals surface area (Å²) in [4.78, 5) is 34.8. The predicted octanol–water partition coefficient (Wildman–Crippen LogP) is 3.10. The molecule has 3 heterocycles. The number of carbonyl (C=O) groups is 2. The first kappa shape index (κ1) is 25.4. The molecule has 1 aromatic carbocycles. The molecule has 1 atom stereocenters. The Labute approximate surface area is 221 Å². The summed E-state index contributed by atoms with van der Waals surface area (Å²) in [6, 6.07) is 11.6. The van der Waals surface area contributed by atoms with E-state index in [1.54, 1.807) is 18.5 Å². The van der Waals surface area contributed by atoms with E-state index >= 15 is 0 Å². The van der Waals surface area contributed by atoms with Crippen molar-refractivity contribution in [3.8, 4) is 17.3 Å². The maximum absolute atomic E-state index is 12.5. The fourth-order valence-electron chi connectivity index (χ4n) is 5.18. The van der Waals surface area contributed by atoms with Gasteiger partial charge in [0.2, 0.25) is 17.8 Å². The van der Waals surface area contributed by atoms with Crippen LogP contribution in [0.4, 0.5) is 17.3 Å². The van der Waals surface area contributed by atoms with Gasteiger partial charge in [0.15, 0.2) is 0 Å². The second kappa shape index (κ2) is 11.8. The summed E-state index contributed by atoms with van der Waals surface area (Å²) >= 11 is 0. The second-order valence-electron chi connectivity index (χ2n) is 9.76. The van der Waals surface area contributed by atoms with E-state index in [0.717, 1.165) is 29.8 Å². The number of hydrogen-bond donors (Lipinski definition) is 3. The Balaban J connectivity index is 1.24. The molecule has 1 aliphatic heterocycles. The summed E-state index contributed by atoms with van der Waals surface area (Å²) in [7, 11) is 0. The number of carbonyl (C=O) groups excluding carboxylic acids is 2. The monoisotopic (exact) mass is 513 g/mol. The van der Waals surface area contributed by atoms with Crippen LogP contribution in [0, 0.1) is 17.2 Å². The minimum atomic E-state index is -0.181. The Bertz CT molecular complexity index is 1330. The van der Waals surface area contributed by atoms with E-state index in [2.05, 4.69) is 37.1 Å². The van der Waals surface area contributed by atoms with Gasteiger partial charge in [-0.3, -0.25) is 19.2 Å². The minimum absolute atomic E-state index is 0.0689. The van der Waals surface area contributed by atoms with Crippen LogP contribution >= 0.6 is 0 Å². The van der Waals surface area contributed by atoms with Crippen LogP contribution in [0.2, 0.25) is 0 Å². The number of nitrogens with zero attached hydrogens (tertiary/aromatic N) is 6. The van der Waals surface area contributed by atoms with Crippen LogP contribution in [-0.4, -0.2) is 62.6 Å². The van der Waals surface area contributed by atoms with Gasteiger partial charge in [0.25, 0.3) is 0 Å². The number of amides is 2. The highest BCUT2D eigenvalue weighted by atomic mass is 16.2. The van der Waals surface area contributed by atoms with Crippen molar-refractivity contribution in [1.29, 1.82) is 5.26 Å². The lowest BCUT2D eigenvalue weighted by atomic mass is 9.96. The fraction of sp³-hybridized carbons (Fsp3) is 0.407. The second-order valence-corrected chi connectivity index (χ2v) is 9.76. The molecule has 11 heteroatoms. The molecule has 3 aromatic rings. The Morgan fingerprint density at radius 2 is 2.08 bits per heavy atom. The van der Waals surface area contributed by atoms with Crippen molar-refractivity contribution in [2.75, 3.05) is 36.8 Å². The Morgan fingerprint density at radius 3 is 2.89 bits per heavy atom. The van der Waals surface area contributed by atoms with Crippen molar-refractivity contribution < 1.29 is 9.59 Å². The molecule has 5 rings (SSSR count). The zero-order valence-corrected chi connectivity index (χ0v) is 21.1. The first-order valence-corrected chi connectivity index (χ1v) is 13.0. The van der Waals surface area contributed by atoms with Gasteiger partial charge < -0.3 is 16.0 Å². The molecule has 0 bridgehead atoms. The van der Waals surface area contributed by atoms with Gasteiger partial charge in [-0.2, -0.15) is 10.4 Å². The number of aromatic nitrogens is 4. The molecule has 0 spiro atoms. The van der Waals surface area contributed by atoms with Gasteiger partial charge in [0.1, 0.15) is 0 Å². The van der Waals surface area contributed by atoms with Crippen molar-refractivity contribution in [2.24, 2.45) is 5.92 Å². The number of piperazine rings is 1. The van der Waals surface area contributed by atoms with E-state index in [0.29, 0.717) is 37.1 Å². The third-order valence-electron chi connectivity index (χ3n) is 7.02. The van der Waals surface area contributed by atoms with Gasteiger partial charge in [0.05, 0.1) is 43.5 Å². The lowest BCUT2D eigenvalue weighted by Crippen LogP contribution is -2.49. The summed E-state index contributed by atoms with van der Waals surface area (Å²) in [6.45, 7) is 1.57. The number of nitriles is 1. The van der Waals surface area contributed by atoms with Crippen LogP contribution in [-0.2, 0) is 9.59 Å². The molecular weight excluding hydrogens is 482 g/mol. The average Bonchev–Trinajstić information content (AvgIpc) is 3.61. The smallest absolute Gasteiger partial charge is 0.238 e. The third-order valence-corrected chi connectivity index (χ3v) is 7.02. The maximum Gasteiger partial charge on any atom is 0.238 e. The van der Waals surface area contributed by atoms with Gasteiger partial charge in [-0.1, -0.05) is 18.9 Å². The summed E-state index contributed by atoms with van der Waals surface area (Å²) in [5.74, 6) is 0.652. The topological polar surface area (TPSA) is 141 Å². The number of benzene rings is 1. The van der Waals surface area contributed by atoms with Crippen molar-refractivity contribution in [1.82, 2.24) is 30.0 Å². The zero-order valence-electron chi connectivity index (χ0n) is 21.1. The van der Waals surface area contributed by atoms with E-state index in [-0.39, 0.29) is 30.9 Å². The summed E-state index contributed by atoms with van der Waals surface area (Å²) in [5.41, 5.74) is 2.95. The first-order chi connectivity index (χ1) is 18.6. The van der Waals surface area contributed by atoms with Crippen LogP contribution in [0.15, 0.2) is 48.9 Å². The molecule has 38 heavy (non-hydrogen) atoms. The Kier molecular flexibility index (Phi) is 7.89. The quantitative estimate of drug-likeness (QED) is 0.396. The van der Waals surface area contributed by atoms with Crippen molar-refractivity contribution >= 4 is 29.1 Å². The van der Waals surface area contributed by atoms with Crippen LogP contribution in [0.5, 0.6) is 0 Å². The molecule has 2 amide bonds. The molecule has 1 saturated carbocycles. The van der Waals surface area contributed by atoms with E-state index in [4.69, 9.17) is 0 Å². The van der Waals surface area contributed by atoms with Crippen molar-refractivity contribution in [2.45, 2.75) is 38.1 Å². The summed E-state index contributed by atoms with van der Waals surface area (Å²) in [5, 5.41) is 22.8. The molecule has 1 saturated heterocycles. The highest BCUT2D eigenvalue weighted by Crippen LogP contribution is 2.36. The number of anilines is 3. The van der Waals surface area contributed by atoms with E-state index in [1.807, 2.05) is 40.0 Å². The fourth-order valence-corrected chi connectivity index (χ4v) is 5.18. The molecule has 1 aliphatic carbocycles. The van der Waals surface area contributed by atoms with Crippen LogP contribution in [0.25, 0.3) is 11.3 Å². The highest BCUT2D eigenvalue weighted by Gasteiger charge is 2.27. The van der Waals surface area contributed by atoms with Crippen LogP contribution < -0.4 is 16.0 Å². The largest absolute Gasteiger partial charge is 0.354 e. The summed E-state index contributed by atoms with van der Waals surface area (Å²) in [6.07, 6.45) is 10.6.